The SMILES string of the molecule is CCCCCCCCCCCCCCCOC[C@H](COP(=O)(O)OC[C@@]1(C)O[C@@H](c2ccc3c(N)ncnn23)[C@H](O)[C@@H]1O)OCc1cc(F)cc(C#N)c1. The maximum absolute atomic E-state index is 14.0. The standard InChI is InChI=1S/C38H57FN5O9P/c1-3-4-5-6-7-8-9-10-11-12-13-14-15-18-49-24-31(50-23-29-19-28(22-40)20-30(39)21-29)25-51-54(47,48)52-26-38(2)36(46)34(45)35(53-38)32-16-17-33-37(41)42-27-43-44(32)33/h16-17,19-21,27,31,34-36,45-46H,3-15,18,23-26H2,1-2H3,(H,47,48)(H2,41,42,43)/t31-,34+,35+,36+,38-/m1/s1. The number of rotatable bonds is 26. The number of nitrogens with zero attached hydrogens (tertiary/aromatic N) is 4. The summed E-state index contributed by atoms with van der Waals surface area (Å²) in [5.41, 5.74) is 5.70. The fourth-order valence-corrected chi connectivity index (χ4v) is 7.37. The van der Waals surface area contributed by atoms with E-state index < -0.39 is 56.9 Å². The molecule has 0 amide bonds. The molecule has 3 heterocycles. The molecule has 6 atom stereocenters. The highest BCUT2D eigenvalue weighted by Gasteiger charge is 2.53. The Morgan fingerprint density at radius 1 is 1.02 bits per heavy atom. The van der Waals surface area contributed by atoms with Gasteiger partial charge >= 0.3 is 7.82 Å². The van der Waals surface area contributed by atoms with Crippen molar-refractivity contribution in [3.8, 4) is 6.07 Å². The molecule has 2 aromatic heterocycles. The number of phosphoric ester groups is 1. The zero-order chi connectivity index (χ0) is 39.0. The van der Waals surface area contributed by atoms with Crippen LogP contribution in [0.15, 0.2) is 36.7 Å². The minimum absolute atomic E-state index is 0.0193. The van der Waals surface area contributed by atoms with Crippen LogP contribution in [0.4, 0.5) is 10.2 Å². The molecule has 0 spiro atoms. The van der Waals surface area contributed by atoms with Crippen LogP contribution < -0.4 is 5.73 Å². The Morgan fingerprint density at radius 2 is 1.69 bits per heavy atom. The van der Waals surface area contributed by atoms with Gasteiger partial charge < -0.3 is 35.1 Å². The van der Waals surface area contributed by atoms with Gasteiger partial charge in [0.15, 0.2) is 5.82 Å². The fraction of sp³-hybridized carbons (Fsp3) is 0.658. The normalized spacial score (nSPS) is 21.7. The van der Waals surface area contributed by atoms with Crippen molar-refractivity contribution < 1.29 is 47.3 Å². The third-order valence-corrected chi connectivity index (χ3v) is 10.6. The number of benzene rings is 1. The third-order valence-electron chi connectivity index (χ3n) is 9.66. The summed E-state index contributed by atoms with van der Waals surface area (Å²) in [5.74, 6) is -0.379. The highest BCUT2D eigenvalue weighted by Crippen LogP contribution is 2.47. The molecule has 0 bridgehead atoms. The summed E-state index contributed by atoms with van der Waals surface area (Å²) in [4.78, 5) is 14.5. The number of nitrogen functional groups attached to an aromatic ring is 1. The lowest BCUT2D eigenvalue weighted by molar-refractivity contribution is -0.102. The van der Waals surface area contributed by atoms with Crippen LogP contribution in [0.3, 0.4) is 0 Å². The van der Waals surface area contributed by atoms with E-state index in [2.05, 4.69) is 17.0 Å². The van der Waals surface area contributed by atoms with Gasteiger partial charge in [0, 0.05) is 6.61 Å². The van der Waals surface area contributed by atoms with Crippen molar-refractivity contribution in [1.29, 1.82) is 5.26 Å². The van der Waals surface area contributed by atoms with Crippen molar-refractivity contribution in [2.75, 3.05) is 32.2 Å². The molecular weight excluding hydrogens is 720 g/mol. The number of nitrogens with two attached hydrogens (primary N) is 1. The number of hydrogen-bond acceptors (Lipinski definition) is 12. The number of aliphatic hydroxyl groups is 2. The molecular formula is C38H57FN5O9P. The molecule has 1 saturated heterocycles. The largest absolute Gasteiger partial charge is 0.472 e. The Morgan fingerprint density at radius 3 is 2.35 bits per heavy atom. The van der Waals surface area contributed by atoms with Crippen molar-refractivity contribution in [2.24, 2.45) is 0 Å². The summed E-state index contributed by atoms with van der Waals surface area (Å²) in [6.07, 6.45) is 12.3. The predicted molar refractivity (Wildman–Crippen MR) is 200 cm³/mol. The molecule has 1 unspecified atom stereocenters. The Hall–Kier alpha value is -3.03. The van der Waals surface area contributed by atoms with E-state index in [1.165, 1.54) is 94.1 Å². The zero-order valence-electron chi connectivity index (χ0n) is 31.5. The van der Waals surface area contributed by atoms with Gasteiger partial charge in [-0.15, -0.1) is 0 Å². The molecule has 14 nitrogen and oxygen atoms in total. The van der Waals surface area contributed by atoms with Gasteiger partial charge in [-0.25, -0.2) is 18.5 Å². The summed E-state index contributed by atoms with van der Waals surface area (Å²) >= 11 is 0. The summed E-state index contributed by atoms with van der Waals surface area (Å²) in [5, 5.41) is 35.2. The van der Waals surface area contributed by atoms with E-state index in [0.717, 1.165) is 25.3 Å². The van der Waals surface area contributed by atoms with Gasteiger partial charge in [-0.1, -0.05) is 84.0 Å². The number of phosphoric acid groups is 1. The maximum atomic E-state index is 14.0. The second-order valence-electron chi connectivity index (χ2n) is 14.2. The first-order valence-electron chi connectivity index (χ1n) is 19.1. The van der Waals surface area contributed by atoms with E-state index in [4.69, 9.17) is 29.0 Å². The topological polar surface area (TPSA) is 204 Å². The van der Waals surface area contributed by atoms with Crippen LogP contribution in [-0.4, -0.2) is 80.0 Å². The summed E-state index contributed by atoms with van der Waals surface area (Å²) in [6, 6.07) is 9.01. The Bertz CT molecular complexity index is 1680. The predicted octanol–water partition coefficient (Wildman–Crippen LogP) is 6.70. The van der Waals surface area contributed by atoms with Crippen LogP contribution in [0.1, 0.15) is 120 Å². The lowest BCUT2D eigenvalue weighted by Gasteiger charge is -2.28. The first kappa shape index (κ1) is 43.7. The second kappa shape index (κ2) is 21.9. The van der Waals surface area contributed by atoms with Crippen molar-refractivity contribution >= 4 is 19.2 Å². The molecule has 0 saturated carbocycles. The Balaban J connectivity index is 1.23. The van der Waals surface area contributed by atoms with E-state index in [9.17, 15) is 29.3 Å². The molecule has 4 rings (SSSR count). The van der Waals surface area contributed by atoms with Crippen molar-refractivity contribution in [3.05, 3.63) is 59.3 Å². The maximum Gasteiger partial charge on any atom is 0.472 e. The van der Waals surface area contributed by atoms with Crippen molar-refractivity contribution in [3.63, 3.8) is 0 Å². The molecule has 3 aromatic rings. The second-order valence-corrected chi connectivity index (χ2v) is 15.7. The van der Waals surface area contributed by atoms with E-state index in [0.29, 0.717) is 23.4 Å². The van der Waals surface area contributed by atoms with E-state index in [-0.39, 0.29) is 24.6 Å². The summed E-state index contributed by atoms with van der Waals surface area (Å²) in [7, 11) is -4.76. The van der Waals surface area contributed by atoms with Crippen LogP contribution in [-0.2, 0) is 34.4 Å². The van der Waals surface area contributed by atoms with Gasteiger partial charge in [0.2, 0.25) is 0 Å². The minimum Gasteiger partial charge on any atom is -0.387 e. The van der Waals surface area contributed by atoms with Gasteiger partial charge in [0.25, 0.3) is 0 Å². The number of aromatic nitrogens is 3. The number of nitriles is 1. The number of anilines is 1. The van der Waals surface area contributed by atoms with Gasteiger partial charge in [-0.2, -0.15) is 10.4 Å². The van der Waals surface area contributed by atoms with Crippen LogP contribution in [0.2, 0.25) is 0 Å². The number of fused-ring (bicyclic) bond motifs is 1. The van der Waals surface area contributed by atoms with Crippen LogP contribution in [0.5, 0.6) is 0 Å². The van der Waals surface area contributed by atoms with E-state index >= 15 is 0 Å². The number of aliphatic hydroxyl groups excluding tert-OH is 2. The number of hydrogen-bond donors (Lipinski definition) is 4. The molecule has 0 aliphatic carbocycles. The van der Waals surface area contributed by atoms with E-state index in [1.807, 2.05) is 6.07 Å². The molecule has 16 heteroatoms. The third kappa shape index (κ3) is 13.3. The zero-order valence-corrected chi connectivity index (χ0v) is 32.4. The summed E-state index contributed by atoms with van der Waals surface area (Å²) < 4.78 is 56.8. The number of ether oxygens (including phenoxy) is 3. The Labute approximate surface area is 317 Å². The van der Waals surface area contributed by atoms with Crippen LogP contribution >= 0.6 is 7.82 Å². The first-order chi connectivity index (χ1) is 26.0. The van der Waals surface area contributed by atoms with Crippen molar-refractivity contribution in [2.45, 2.75) is 134 Å². The molecule has 54 heavy (non-hydrogen) atoms. The van der Waals surface area contributed by atoms with Gasteiger partial charge in [0.05, 0.1) is 43.8 Å². The molecule has 1 aromatic carbocycles. The smallest absolute Gasteiger partial charge is 0.387 e. The lowest BCUT2D eigenvalue weighted by Crippen LogP contribution is -2.44. The fourth-order valence-electron chi connectivity index (χ4n) is 6.52. The lowest BCUT2D eigenvalue weighted by atomic mass is 9.97. The number of unbranched alkanes of at least 4 members (excludes halogenated alkanes) is 12. The summed E-state index contributed by atoms with van der Waals surface area (Å²) in [6.45, 7) is 3.00. The minimum atomic E-state index is -4.76. The molecule has 300 valence electrons. The average Bonchev–Trinajstić information content (AvgIpc) is 3.68. The van der Waals surface area contributed by atoms with Gasteiger partial charge in [0.1, 0.15) is 47.7 Å². The molecule has 1 fully saturated rings. The van der Waals surface area contributed by atoms with Gasteiger partial charge in [-0.3, -0.25) is 9.05 Å². The van der Waals surface area contributed by atoms with E-state index in [1.54, 1.807) is 12.1 Å². The number of halogens is 1. The molecule has 5 N–H and O–H groups in total. The Kier molecular flexibility index (Phi) is 17.7. The highest BCUT2D eigenvalue weighted by atomic mass is 31.2. The van der Waals surface area contributed by atoms with Crippen LogP contribution in [0.25, 0.3) is 5.52 Å². The monoisotopic (exact) mass is 777 g/mol. The average molecular weight is 778 g/mol. The molecule has 0 radical (unpaired) electrons. The molecule has 1 aliphatic rings. The van der Waals surface area contributed by atoms with Crippen LogP contribution in [0, 0.1) is 17.1 Å². The van der Waals surface area contributed by atoms with Gasteiger partial charge in [-0.05, 0) is 49.2 Å². The highest BCUT2D eigenvalue weighted by molar-refractivity contribution is 7.47. The molecule has 1 aliphatic heterocycles. The first-order valence-corrected chi connectivity index (χ1v) is 20.6. The van der Waals surface area contributed by atoms with Crippen molar-refractivity contribution in [1.82, 2.24) is 14.6 Å². The quantitative estimate of drug-likeness (QED) is 0.0496.